The predicted octanol–water partition coefficient (Wildman–Crippen LogP) is 0.232. The number of anilines is 1. The van der Waals surface area contributed by atoms with E-state index in [0.717, 1.165) is 25.2 Å². The smallest absolute Gasteiger partial charge is 0.287 e. The van der Waals surface area contributed by atoms with Gasteiger partial charge >= 0.3 is 0 Å². The molecule has 1 aliphatic heterocycles. The SMILES string of the molecule is CNC1CCN(c2cnn(C)c(=O)c2Cl)C1. The van der Waals surface area contributed by atoms with Gasteiger partial charge < -0.3 is 10.2 Å². The van der Waals surface area contributed by atoms with Gasteiger partial charge in [0.1, 0.15) is 5.02 Å². The summed E-state index contributed by atoms with van der Waals surface area (Å²) in [6.07, 6.45) is 2.71. The van der Waals surface area contributed by atoms with E-state index in [2.05, 4.69) is 15.3 Å². The largest absolute Gasteiger partial charge is 0.367 e. The van der Waals surface area contributed by atoms with Crippen molar-refractivity contribution in [2.45, 2.75) is 12.5 Å². The summed E-state index contributed by atoms with van der Waals surface area (Å²) in [5, 5.41) is 7.47. The second-order valence-electron chi connectivity index (χ2n) is 3.99. The van der Waals surface area contributed by atoms with Crippen LogP contribution in [0.2, 0.25) is 5.02 Å². The monoisotopic (exact) mass is 242 g/mol. The van der Waals surface area contributed by atoms with E-state index >= 15 is 0 Å². The Bertz CT molecular complexity index is 445. The molecule has 1 aromatic rings. The molecule has 1 aliphatic rings. The molecule has 16 heavy (non-hydrogen) atoms. The van der Waals surface area contributed by atoms with Gasteiger partial charge in [0.25, 0.3) is 5.56 Å². The third-order valence-corrected chi connectivity index (χ3v) is 3.35. The highest BCUT2D eigenvalue weighted by Crippen LogP contribution is 2.24. The summed E-state index contributed by atoms with van der Waals surface area (Å²) in [7, 11) is 3.54. The topological polar surface area (TPSA) is 50.2 Å². The minimum Gasteiger partial charge on any atom is -0.367 e. The minimum absolute atomic E-state index is 0.243. The first-order valence-corrected chi connectivity index (χ1v) is 5.65. The minimum atomic E-state index is -0.243. The first-order chi connectivity index (χ1) is 7.63. The van der Waals surface area contributed by atoms with E-state index in [1.165, 1.54) is 4.68 Å². The molecule has 0 saturated carbocycles. The molecule has 2 heterocycles. The molecule has 0 bridgehead atoms. The zero-order valence-corrected chi connectivity index (χ0v) is 10.2. The van der Waals surface area contributed by atoms with Crippen LogP contribution < -0.4 is 15.8 Å². The van der Waals surface area contributed by atoms with E-state index in [1.54, 1.807) is 13.2 Å². The van der Waals surface area contributed by atoms with Crippen molar-refractivity contribution in [3.8, 4) is 0 Å². The summed E-state index contributed by atoms with van der Waals surface area (Å²) in [6.45, 7) is 1.77. The number of nitrogens with one attached hydrogen (secondary N) is 1. The van der Waals surface area contributed by atoms with Crippen molar-refractivity contribution in [2.75, 3.05) is 25.0 Å². The van der Waals surface area contributed by atoms with Crippen LogP contribution in [0.15, 0.2) is 11.0 Å². The van der Waals surface area contributed by atoms with Gasteiger partial charge in [-0.3, -0.25) is 4.79 Å². The van der Waals surface area contributed by atoms with Crippen molar-refractivity contribution < 1.29 is 0 Å². The molecule has 1 unspecified atom stereocenters. The van der Waals surface area contributed by atoms with Crippen LogP contribution in [0.5, 0.6) is 0 Å². The Hall–Kier alpha value is -1.07. The maximum atomic E-state index is 11.6. The normalized spacial score (nSPS) is 20.4. The lowest BCUT2D eigenvalue weighted by molar-refractivity contribution is 0.616. The van der Waals surface area contributed by atoms with E-state index < -0.39 is 0 Å². The maximum Gasteiger partial charge on any atom is 0.287 e. The van der Waals surface area contributed by atoms with Gasteiger partial charge in [-0.25, -0.2) is 4.68 Å². The van der Waals surface area contributed by atoms with Crippen LogP contribution in [0.3, 0.4) is 0 Å². The molecule has 88 valence electrons. The number of hydrogen-bond donors (Lipinski definition) is 1. The van der Waals surface area contributed by atoms with Crippen molar-refractivity contribution in [2.24, 2.45) is 7.05 Å². The second-order valence-corrected chi connectivity index (χ2v) is 4.37. The highest BCUT2D eigenvalue weighted by atomic mass is 35.5. The molecular formula is C10H15ClN4O. The molecule has 0 radical (unpaired) electrons. The van der Waals surface area contributed by atoms with Gasteiger partial charge in [0.2, 0.25) is 0 Å². The Kier molecular flexibility index (Phi) is 3.16. The Morgan fingerprint density at radius 3 is 3.00 bits per heavy atom. The lowest BCUT2D eigenvalue weighted by Gasteiger charge is -2.19. The molecule has 0 aliphatic carbocycles. The number of aromatic nitrogens is 2. The van der Waals surface area contributed by atoms with Crippen molar-refractivity contribution in [1.29, 1.82) is 0 Å². The predicted molar refractivity (Wildman–Crippen MR) is 64.2 cm³/mol. The van der Waals surface area contributed by atoms with Gasteiger partial charge in [0.15, 0.2) is 0 Å². The number of aryl methyl sites for hydroxylation is 1. The third kappa shape index (κ3) is 1.92. The molecule has 1 fully saturated rings. The number of nitrogens with zero attached hydrogens (tertiary/aromatic N) is 3. The Balaban J connectivity index is 2.29. The van der Waals surface area contributed by atoms with E-state index in [0.29, 0.717) is 6.04 Å². The van der Waals surface area contributed by atoms with Gasteiger partial charge in [-0.1, -0.05) is 11.6 Å². The van der Waals surface area contributed by atoms with Crippen molar-refractivity contribution >= 4 is 17.3 Å². The fourth-order valence-corrected chi connectivity index (χ4v) is 2.23. The molecule has 1 N–H and O–H groups in total. The number of likely N-dealkylation sites (N-methyl/N-ethyl adjacent to an activating group) is 1. The molecule has 0 aromatic carbocycles. The molecular weight excluding hydrogens is 228 g/mol. The molecule has 0 amide bonds. The number of halogens is 1. The molecule has 5 nitrogen and oxygen atoms in total. The lowest BCUT2D eigenvalue weighted by atomic mass is 10.3. The quantitative estimate of drug-likeness (QED) is 0.807. The van der Waals surface area contributed by atoms with Crippen LogP contribution in [0.25, 0.3) is 0 Å². The highest BCUT2D eigenvalue weighted by molar-refractivity contribution is 6.33. The highest BCUT2D eigenvalue weighted by Gasteiger charge is 2.24. The molecule has 0 spiro atoms. The second kappa shape index (κ2) is 4.43. The van der Waals surface area contributed by atoms with Gasteiger partial charge in [-0.05, 0) is 13.5 Å². The zero-order valence-electron chi connectivity index (χ0n) is 9.40. The Morgan fingerprint density at radius 2 is 2.38 bits per heavy atom. The molecule has 2 rings (SSSR count). The summed E-state index contributed by atoms with van der Waals surface area (Å²) in [6, 6.07) is 0.458. The first-order valence-electron chi connectivity index (χ1n) is 5.27. The van der Waals surface area contributed by atoms with E-state index in [9.17, 15) is 4.79 Å². The van der Waals surface area contributed by atoms with Crippen LogP contribution in [0, 0.1) is 0 Å². The first kappa shape index (κ1) is 11.4. The number of rotatable bonds is 2. The van der Waals surface area contributed by atoms with Gasteiger partial charge in [-0.2, -0.15) is 5.10 Å². The summed E-state index contributed by atoms with van der Waals surface area (Å²) in [4.78, 5) is 13.7. The van der Waals surface area contributed by atoms with Crippen LogP contribution >= 0.6 is 11.6 Å². The van der Waals surface area contributed by atoms with Crippen LogP contribution in [0.1, 0.15) is 6.42 Å². The standard InChI is InChI=1S/C10H15ClN4O/c1-12-7-3-4-15(6-7)8-5-13-14(2)10(16)9(8)11/h5,7,12H,3-4,6H2,1-2H3. The Morgan fingerprint density at radius 1 is 1.62 bits per heavy atom. The van der Waals surface area contributed by atoms with Crippen molar-refractivity contribution in [3.63, 3.8) is 0 Å². The number of hydrogen-bond acceptors (Lipinski definition) is 4. The zero-order chi connectivity index (χ0) is 11.7. The fourth-order valence-electron chi connectivity index (χ4n) is 1.94. The summed E-state index contributed by atoms with van der Waals surface area (Å²) in [5.74, 6) is 0. The van der Waals surface area contributed by atoms with E-state index in [-0.39, 0.29) is 10.6 Å². The van der Waals surface area contributed by atoms with Crippen LogP contribution in [0.4, 0.5) is 5.69 Å². The van der Waals surface area contributed by atoms with Crippen molar-refractivity contribution in [1.82, 2.24) is 15.1 Å². The maximum absolute atomic E-state index is 11.6. The van der Waals surface area contributed by atoms with Gasteiger partial charge in [0.05, 0.1) is 11.9 Å². The Labute approximate surface area is 99.0 Å². The summed E-state index contributed by atoms with van der Waals surface area (Å²) in [5.41, 5.74) is 0.495. The van der Waals surface area contributed by atoms with E-state index in [1.807, 2.05) is 7.05 Å². The molecule has 1 saturated heterocycles. The van der Waals surface area contributed by atoms with Gasteiger partial charge in [0, 0.05) is 26.2 Å². The average molecular weight is 243 g/mol. The average Bonchev–Trinajstić information content (AvgIpc) is 2.74. The molecule has 6 heteroatoms. The fraction of sp³-hybridized carbons (Fsp3) is 0.600. The van der Waals surface area contributed by atoms with Crippen LogP contribution in [-0.4, -0.2) is 36.0 Å². The van der Waals surface area contributed by atoms with Crippen LogP contribution in [-0.2, 0) is 7.05 Å². The van der Waals surface area contributed by atoms with E-state index in [4.69, 9.17) is 11.6 Å². The summed E-state index contributed by atoms with van der Waals surface area (Å²) < 4.78 is 1.25. The van der Waals surface area contributed by atoms with Gasteiger partial charge in [-0.15, -0.1) is 0 Å². The lowest BCUT2D eigenvalue weighted by Crippen LogP contribution is -2.31. The molecule has 1 aromatic heterocycles. The molecule has 1 atom stereocenters. The van der Waals surface area contributed by atoms with Crippen molar-refractivity contribution in [3.05, 3.63) is 21.6 Å². The third-order valence-electron chi connectivity index (χ3n) is 3.00. The summed E-state index contributed by atoms with van der Waals surface area (Å²) >= 11 is 6.03.